The van der Waals surface area contributed by atoms with Crippen LogP contribution in [0.15, 0.2) is 22.7 Å². The zero-order valence-corrected chi connectivity index (χ0v) is 11.9. The van der Waals surface area contributed by atoms with Gasteiger partial charge in [-0.05, 0) is 43.5 Å². The minimum Gasteiger partial charge on any atom is -0.313 e. The summed E-state index contributed by atoms with van der Waals surface area (Å²) in [6.07, 6.45) is -3.99. The molecule has 0 unspecified atom stereocenters. The van der Waals surface area contributed by atoms with E-state index in [1.54, 1.807) is 0 Å². The molecular weight excluding hydrogens is 307 g/mol. The van der Waals surface area contributed by atoms with Gasteiger partial charge in [0, 0.05) is 17.4 Å². The van der Waals surface area contributed by atoms with Crippen LogP contribution in [-0.2, 0) is 6.54 Å². The summed E-state index contributed by atoms with van der Waals surface area (Å²) in [6, 6.07) is 6.06. The Labute approximate surface area is 114 Å². The van der Waals surface area contributed by atoms with E-state index in [9.17, 15) is 13.2 Å². The Kier molecular flexibility index (Phi) is 6.15. The summed E-state index contributed by atoms with van der Waals surface area (Å²) < 4.78 is 36.7. The minimum absolute atomic E-state index is 0.186. The largest absolute Gasteiger partial charge is 0.389 e. The van der Waals surface area contributed by atoms with E-state index in [-0.39, 0.29) is 6.42 Å². The predicted molar refractivity (Wildman–Crippen MR) is 70.5 cm³/mol. The van der Waals surface area contributed by atoms with Gasteiger partial charge in [0.05, 0.1) is 0 Å². The fraction of sp³-hybridized carbons (Fsp3) is 0.538. The normalized spacial score (nSPS) is 11.8. The third-order valence-corrected chi connectivity index (χ3v) is 3.33. The molecular formula is C13H17BrF3N. The molecule has 0 atom stereocenters. The molecule has 0 saturated carbocycles. The van der Waals surface area contributed by atoms with Crippen LogP contribution in [0.1, 0.15) is 30.4 Å². The highest BCUT2D eigenvalue weighted by molar-refractivity contribution is 9.10. The number of aryl methyl sites for hydroxylation is 1. The van der Waals surface area contributed by atoms with Gasteiger partial charge in [0.1, 0.15) is 0 Å². The highest BCUT2D eigenvalue weighted by Crippen LogP contribution is 2.22. The molecule has 1 nitrogen and oxygen atoms in total. The molecule has 1 rings (SSSR count). The summed E-state index contributed by atoms with van der Waals surface area (Å²) in [5.74, 6) is 0. The maximum absolute atomic E-state index is 11.9. The second-order valence-electron chi connectivity index (χ2n) is 4.34. The Hall–Kier alpha value is -0.550. The summed E-state index contributed by atoms with van der Waals surface area (Å²) in [4.78, 5) is 0. The van der Waals surface area contributed by atoms with Gasteiger partial charge in [0.25, 0.3) is 0 Å². The number of nitrogens with one attached hydrogen (secondary N) is 1. The second-order valence-corrected chi connectivity index (χ2v) is 5.20. The van der Waals surface area contributed by atoms with Gasteiger partial charge in [0.2, 0.25) is 0 Å². The molecule has 0 saturated heterocycles. The molecule has 0 aliphatic heterocycles. The van der Waals surface area contributed by atoms with E-state index in [2.05, 4.69) is 21.2 Å². The smallest absolute Gasteiger partial charge is 0.313 e. The van der Waals surface area contributed by atoms with Crippen molar-refractivity contribution < 1.29 is 13.2 Å². The molecule has 0 fully saturated rings. The van der Waals surface area contributed by atoms with Gasteiger partial charge >= 0.3 is 6.18 Å². The fourth-order valence-electron chi connectivity index (χ4n) is 1.59. The molecule has 0 radical (unpaired) electrons. The van der Waals surface area contributed by atoms with E-state index >= 15 is 0 Å². The second kappa shape index (κ2) is 7.14. The van der Waals surface area contributed by atoms with Crippen LogP contribution < -0.4 is 5.32 Å². The zero-order chi connectivity index (χ0) is 13.6. The average molecular weight is 324 g/mol. The number of benzene rings is 1. The maximum atomic E-state index is 11.9. The van der Waals surface area contributed by atoms with E-state index in [4.69, 9.17) is 0 Å². The van der Waals surface area contributed by atoms with Gasteiger partial charge in [-0.25, -0.2) is 0 Å². The van der Waals surface area contributed by atoms with Crippen LogP contribution in [-0.4, -0.2) is 12.7 Å². The van der Waals surface area contributed by atoms with Crippen molar-refractivity contribution >= 4 is 15.9 Å². The first-order chi connectivity index (χ1) is 8.38. The van der Waals surface area contributed by atoms with Crippen molar-refractivity contribution in [3.63, 3.8) is 0 Å². The number of unbranched alkanes of at least 4 members (excludes halogenated alkanes) is 1. The van der Waals surface area contributed by atoms with E-state index in [0.717, 1.165) is 10.0 Å². The molecule has 102 valence electrons. The van der Waals surface area contributed by atoms with Crippen LogP contribution in [0.25, 0.3) is 0 Å². The summed E-state index contributed by atoms with van der Waals surface area (Å²) in [5, 5.41) is 3.15. The lowest BCUT2D eigenvalue weighted by molar-refractivity contribution is -0.135. The van der Waals surface area contributed by atoms with Crippen molar-refractivity contribution in [1.29, 1.82) is 0 Å². The number of hydrogen-bond acceptors (Lipinski definition) is 1. The first-order valence-electron chi connectivity index (χ1n) is 5.91. The average Bonchev–Trinajstić information content (AvgIpc) is 2.24. The summed E-state index contributed by atoms with van der Waals surface area (Å²) in [6.45, 7) is 3.29. The molecule has 18 heavy (non-hydrogen) atoms. The highest BCUT2D eigenvalue weighted by atomic mass is 79.9. The number of alkyl halides is 3. The molecule has 0 aromatic heterocycles. The van der Waals surface area contributed by atoms with E-state index in [1.165, 1.54) is 5.56 Å². The van der Waals surface area contributed by atoms with Crippen molar-refractivity contribution in [2.75, 3.05) is 6.54 Å². The van der Waals surface area contributed by atoms with Crippen molar-refractivity contribution in [2.24, 2.45) is 0 Å². The predicted octanol–water partition coefficient (Wildman–Crippen LogP) is 4.58. The quantitative estimate of drug-likeness (QED) is 0.755. The Morgan fingerprint density at radius 1 is 1.22 bits per heavy atom. The standard InChI is InChI=1S/C13H17BrF3N/c1-10-4-5-11(12(14)8-10)9-18-7-3-2-6-13(15,16)17/h4-5,8,18H,2-3,6-7,9H2,1H3. The van der Waals surface area contributed by atoms with E-state index in [0.29, 0.717) is 19.5 Å². The topological polar surface area (TPSA) is 12.0 Å². The molecule has 0 heterocycles. The highest BCUT2D eigenvalue weighted by Gasteiger charge is 2.25. The van der Waals surface area contributed by atoms with Crippen LogP contribution in [0.3, 0.4) is 0 Å². The molecule has 5 heteroatoms. The van der Waals surface area contributed by atoms with Gasteiger partial charge in [-0.1, -0.05) is 28.1 Å². The van der Waals surface area contributed by atoms with Gasteiger partial charge < -0.3 is 5.32 Å². The van der Waals surface area contributed by atoms with Crippen LogP contribution in [0.4, 0.5) is 13.2 Å². The van der Waals surface area contributed by atoms with Crippen LogP contribution >= 0.6 is 15.9 Å². The monoisotopic (exact) mass is 323 g/mol. The first-order valence-corrected chi connectivity index (χ1v) is 6.70. The van der Waals surface area contributed by atoms with Crippen molar-refractivity contribution in [1.82, 2.24) is 5.32 Å². The van der Waals surface area contributed by atoms with Gasteiger partial charge in [-0.3, -0.25) is 0 Å². The van der Waals surface area contributed by atoms with Gasteiger partial charge in [0.15, 0.2) is 0 Å². The Balaban J connectivity index is 2.18. The minimum atomic E-state index is -4.03. The molecule has 1 aromatic rings. The Morgan fingerprint density at radius 2 is 1.94 bits per heavy atom. The van der Waals surface area contributed by atoms with Crippen molar-refractivity contribution in [2.45, 2.75) is 38.9 Å². The molecule has 0 aliphatic rings. The summed E-state index contributed by atoms with van der Waals surface area (Å²) >= 11 is 3.47. The fourth-order valence-corrected chi connectivity index (χ4v) is 2.23. The van der Waals surface area contributed by atoms with Gasteiger partial charge in [-0.15, -0.1) is 0 Å². The van der Waals surface area contributed by atoms with Crippen molar-refractivity contribution in [3.05, 3.63) is 33.8 Å². The molecule has 0 aliphatic carbocycles. The van der Waals surface area contributed by atoms with E-state index < -0.39 is 12.6 Å². The van der Waals surface area contributed by atoms with Gasteiger partial charge in [-0.2, -0.15) is 13.2 Å². The lowest BCUT2D eigenvalue weighted by Crippen LogP contribution is -2.16. The molecule has 1 N–H and O–H groups in total. The first kappa shape index (κ1) is 15.5. The van der Waals surface area contributed by atoms with E-state index in [1.807, 2.05) is 25.1 Å². The lowest BCUT2D eigenvalue weighted by atomic mass is 10.1. The Morgan fingerprint density at radius 3 is 2.56 bits per heavy atom. The van der Waals surface area contributed by atoms with Crippen LogP contribution in [0.5, 0.6) is 0 Å². The van der Waals surface area contributed by atoms with Crippen LogP contribution in [0.2, 0.25) is 0 Å². The number of hydrogen-bond donors (Lipinski definition) is 1. The van der Waals surface area contributed by atoms with Crippen molar-refractivity contribution in [3.8, 4) is 0 Å². The summed E-state index contributed by atoms with van der Waals surface area (Å²) in [7, 11) is 0. The number of halogens is 4. The lowest BCUT2D eigenvalue weighted by Gasteiger charge is -2.08. The number of rotatable bonds is 6. The Bertz CT molecular complexity index is 377. The maximum Gasteiger partial charge on any atom is 0.389 e. The third-order valence-electron chi connectivity index (χ3n) is 2.59. The zero-order valence-electron chi connectivity index (χ0n) is 10.3. The SMILES string of the molecule is Cc1ccc(CNCCCCC(F)(F)F)c(Br)c1. The molecule has 0 amide bonds. The summed E-state index contributed by atoms with van der Waals surface area (Å²) in [5.41, 5.74) is 2.30. The molecule has 1 aromatic carbocycles. The van der Waals surface area contributed by atoms with Crippen LogP contribution in [0, 0.1) is 6.92 Å². The molecule has 0 spiro atoms. The molecule has 0 bridgehead atoms. The third kappa shape index (κ3) is 6.40.